The van der Waals surface area contributed by atoms with Gasteiger partial charge in [-0.05, 0) is 44.0 Å². The van der Waals surface area contributed by atoms with E-state index in [-0.39, 0.29) is 17.6 Å². The molecule has 0 radical (unpaired) electrons. The topological polar surface area (TPSA) is 80.8 Å². The molecule has 1 aliphatic heterocycles. The lowest BCUT2D eigenvalue weighted by Gasteiger charge is -2.21. The van der Waals surface area contributed by atoms with E-state index in [0.29, 0.717) is 23.4 Å². The summed E-state index contributed by atoms with van der Waals surface area (Å²) in [7, 11) is 0. The second kappa shape index (κ2) is 7.41. The Bertz CT molecular complexity index is 760. The van der Waals surface area contributed by atoms with E-state index in [9.17, 15) is 19.2 Å². The number of carbonyl (C=O) groups is 4. The van der Waals surface area contributed by atoms with Crippen molar-refractivity contribution in [3.63, 3.8) is 0 Å². The van der Waals surface area contributed by atoms with Crippen molar-refractivity contribution >= 4 is 35.2 Å². The van der Waals surface area contributed by atoms with Crippen LogP contribution in [-0.2, 0) is 19.1 Å². The molecule has 136 valence electrons. The van der Waals surface area contributed by atoms with Crippen LogP contribution in [0.1, 0.15) is 30.1 Å². The molecule has 7 heteroatoms. The summed E-state index contributed by atoms with van der Waals surface area (Å²) >= 11 is 5.77. The number of ether oxygens (including phenoxy) is 1. The molecule has 3 rings (SSSR count). The zero-order valence-electron chi connectivity index (χ0n) is 14.2. The Morgan fingerprint density at radius 2 is 1.65 bits per heavy atom. The van der Waals surface area contributed by atoms with Gasteiger partial charge in [0.15, 0.2) is 12.4 Å². The number of hydrogen-bond donors (Lipinski definition) is 0. The Labute approximate surface area is 155 Å². The normalized spacial score (nSPS) is 22.9. The summed E-state index contributed by atoms with van der Waals surface area (Å²) in [5.41, 5.74) is 0.361. The van der Waals surface area contributed by atoms with E-state index in [1.165, 1.54) is 19.1 Å². The number of Topliss-reactive ketones (excluding diaryl/α,β-unsaturated/α-hetero) is 1. The van der Waals surface area contributed by atoms with Crippen LogP contribution in [0.15, 0.2) is 36.4 Å². The van der Waals surface area contributed by atoms with Crippen LogP contribution in [0.5, 0.6) is 0 Å². The average Bonchev–Trinajstić information content (AvgIpc) is 2.90. The second-order valence-corrected chi connectivity index (χ2v) is 6.85. The first-order chi connectivity index (χ1) is 12.4. The Hall–Kier alpha value is -2.47. The van der Waals surface area contributed by atoms with Gasteiger partial charge in [-0.15, -0.1) is 0 Å². The van der Waals surface area contributed by atoms with Gasteiger partial charge >= 0.3 is 5.97 Å². The fraction of sp³-hybridized carbons (Fsp3) is 0.368. The molecule has 0 aromatic heterocycles. The summed E-state index contributed by atoms with van der Waals surface area (Å²) in [5, 5.41) is 0.495. The zero-order chi connectivity index (χ0) is 18.8. The standard InChI is InChI=1S/C19H18ClNO5/c1-11(21-17(23)14-4-2-3-5-15(14)18(21)24)19(25)26-10-16(22)12-6-8-13(20)9-7-12/h2-3,6-9,11,14-15H,4-5,10H2,1H3/t11-,14-,15+/m0/s1. The maximum absolute atomic E-state index is 12.5. The number of benzene rings is 1. The van der Waals surface area contributed by atoms with Crippen molar-refractivity contribution in [1.29, 1.82) is 0 Å². The fourth-order valence-electron chi connectivity index (χ4n) is 3.29. The highest BCUT2D eigenvalue weighted by atomic mass is 35.5. The number of ketones is 1. The number of nitrogens with zero attached hydrogens (tertiary/aromatic N) is 1. The van der Waals surface area contributed by atoms with Gasteiger partial charge in [0.05, 0.1) is 11.8 Å². The van der Waals surface area contributed by atoms with E-state index < -0.39 is 30.5 Å². The molecule has 26 heavy (non-hydrogen) atoms. The number of imide groups is 1. The van der Waals surface area contributed by atoms with E-state index in [4.69, 9.17) is 16.3 Å². The molecule has 1 heterocycles. The number of allylic oxidation sites excluding steroid dienone is 2. The Balaban J connectivity index is 1.61. The van der Waals surface area contributed by atoms with Crippen LogP contribution in [0.25, 0.3) is 0 Å². The lowest BCUT2D eigenvalue weighted by Crippen LogP contribution is -2.44. The van der Waals surface area contributed by atoms with Crippen LogP contribution < -0.4 is 0 Å². The van der Waals surface area contributed by atoms with E-state index in [1.807, 2.05) is 12.2 Å². The summed E-state index contributed by atoms with van der Waals surface area (Å²) in [5.74, 6) is -2.67. The Morgan fingerprint density at radius 3 is 2.19 bits per heavy atom. The first-order valence-electron chi connectivity index (χ1n) is 8.37. The van der Waals surface area contributed by atoms with Gasteiger partial charge in [-0.3, -0.25) is 19.3 Å². The van der Waals surface area contributed by atoms with Crippen LogP contribution in [0.2, 0.25) is 5.02 Å². The van der Waals surface area contributed by atoms with Gasteiger partial charge in [0, 0.05) is 10.6 Å². The van der Waals surface area contributed by atoms with E-state index in [0.717, 1.165) is 4.90 Å². The monoisotopic (exact) mass is 375 g/mol. The number of carbonyl (C=O) groups excluding carboxylic acids is 4. The number of esters is 1. The van der Waals surface area contributed by atoms with Crippen LogP contribution >= 0.6 is 11.6 Å². The molecule has 1 aromatic carbocycles. The fourth-order valence-corrected chi connectivity index (χ4v) is 3.42. The number of rotatable bonds is 5. The predicted molar refractivity (Wildman–Crippen MR) is 93.4 cm³/mol. The third-order valence-electron chi connectivity index (χ3n) is 4.78. The van der Waals surface area contributed by atoms with Crippen molar-refractivity contribution in [2.45, 2.75) is 25.8 Å². The molecule has 0 N–H and O–H groups in total. The summed E-state index contributed by atoms with van der Waals surface area (Å²) < 4.78 is 5.03. The van der Waals surface area contributed by atoms with Crippen LogP contribution in [0, 0.1) is 11.8 Å². The van der Waals surface area contributed by atoms with Gasteiger partial charge in [-0.25, -0.2) is 4.79 Å². The first-order valence-corrected chi connectivity index (χ1v) is 8.75. The number of amides is 2. The summed E-state index contributed by atoms with van der Waals surface area (Å²) in [6.45, 7) is 0.977. The Morgan fingerprint density at radius 1 is 1.12 bits per heavy atom. The summed E-state index contributed by atoms with van der Waals surface area (Å²) in [4.78, 5) is 50.2. The van der Waals surface area contributed by atoms with Crippen LogP contribution in [0.3, 0.4) is 0 Å². The molecule has 2 aliphatic rings. The molecule has 3 atom stereocenters. The molecule has 1 saturated heterocycles. The highest BCUT2D eigenvalue weighted by Crippen LogP contribution is 2.36. The quantitative estimate of drug-likeness (QED) is 0.341. The second-order valence-electron chi connectivity index (χ2n) is 6.42. The van der Waals surface area contributed by atoms with Crippen molar-refractivity contribution < 1.29 is 23.9 Å². The minimum Gasteiger partial charge on any atom is -0.456 e. The molecule has 0 spiro atoms. The van der Waals surface area contributed by atoms with Crippen molar-refractivity contribution in [2.75, 3.05) is 6.61 Å². The molecule has 0 saturated carbocycles. The first kappa shape index (κ1) is 18.3. The third-order valence-corrected chi connectivity index (χ3v) is 5.03. The summed E-state index contributed by atoms with van der Waals surface area (Å²) in [6.07, 6.45) is 4.76. The number of fused-ring (bicyclic) bond motifs is 1. The highest BCUT2D eigenvalue weighted by molar-refractivity contribution is 6.30. The molecule has 1 aliphatic carbocycles. The largest absolute Gasteiger partial charge is 0.456 e. The van der Waals surface area contributed by atoms with Crippen molar-refractivity contribution in [1.82, 2.24) is 4.90 Å². The van der Waals surface area contributed by atoms with Crippen molar-refractivity contribution in [3.8, 4) is 0 Å². The van der Waals surface area contributed by atoms with Gasteiger partial charge < -0.3 is 4.74 Å². The lowest BCUT2D eigenvalue weighted by atomic mass is 9.85. The van der Waals surface area contributed by atoms with E-state index in [2.05, 4.69) is 0 Å². The van der Waals surface area contributed by atoms with Gasteiger partial charge in [0.1, 0.15) is 6.04 Å². The smallest absolute Gasteiger partial charge is 0.329 e. The van der Waals surface area contributed by atoms with Gasteiger partial charge in [-0.1, -0.05) is 23.8 Å². The molecule has 1 aromatic rings. The minimum absolute atomic E-state index is 0.349. The van der Waals surface area contributed by atoms with Crippen LogP contribution in [-0.4, -0.2) is 41.1 Å². The summed E-state index contributed by atoms with van der Waals surface area (Å²) in [6, 6.07) is 5.14. The number of hydrogen-bond acceptors (Lipinski definition) is 5. The molecular weight excluding hydrogens is 358 g/mol. The minimum atomic E-state index is -1.06. The van der Waals surface area contributed by atoms with Gasteiger partial charge in [-0.2, -0.15) is 0 Å². The average molecular weight is 376 g/mol. The predicted octanol–water partition coefficient (Wildman–Crippen LogP) is 2.41. The van der Waals surface area contributed by atoms with E-state index >= 15 is 0 Å². The molecule has 1 fully saturated rings. The van der Waals surface area contributed by atoms with Gasteiger partial charge in [0.2, 0.25) is 11.8 Å². The number of likely N-dealkylation sites (tertiary alicyclic amines) is 1. The lowest BCUT2D eigenvalue weighted by molar-refractivity contribution is -0.157. The molecule has 2 amide bonds. The zero-order valence-corrected chi connectivity index (χ0v) is 14.9. The maximum Gasteiger partial charge on any atom is 0.329 e. The third kappa shape index (κ3) is 3.42. The van der Waals surface area contributed by atoms with Crippen molar-refractivity contribution in [3.05, 3.63) is 47.0 Å². The SMILES string of the molecule is C[C@@H](C(=O)OCC(=O)c1ccc(Cl)cc1)N1C(=O)[C@H]2CC=CC[C@H]2C1=O. The van der Waals surface area contributed by atoms with Gasteiger partial charge in [0.25, 0.3) is 0 Å². The van der Waals surface area contributed by atoms with Crippen LogP contribution in [0.4, 0.5) is 0 Å². The molecule has 6 nitrogen and oxygen atoms in total. The maximum atomic E-state index is 12.5. The van der Waals surface area contributed by atoms with E-state index in [1.54, 1.807) is 12.1 Å². The Kier molecular flexibility index (Phi) is 5.23. The number of halogens is 1. The van der Waals surface area contributed by atoms with Crippen molar-refractivity contribution in [2.24, 2.45) is 11.8 Å². The molecule has 0 unspecified atom stereocenters. The molecular formula is C19H18ClNO5. The molecule has 0 bridgehead atoms. The highest BCUT2D eigenvalue weighted by Gasteiger charge is 2.50.